The van der Waals surface area contributed by atoms with Crippen molar-refractivity contribution in [3.05, 3.63) is 52.6 Å². The lowest BCUT2D eigenvalue weighted by Crippen LogP contribution is -2.61. The molecule has 1 amide bonds. The molecule has 2 heterocycles. The Bertz CT molecular complexity index is 1100. The number of carbonyl (C=O) groups excluding carboxylic acids is 1. The van der Waals surface area contributed by atoms with E-state index in [1.54, 1.807) is 0 Å². The summed E-state index contributed by atoms with van der Waals surface area (Å²) >= 11 is 0. The summed E-state index contributed by atoms with van der Waals surface area (Å²) in [5.41, 5.74) is 6.25. The Labute approximate surface area is 214 Å². The summed E-state index contributed by atoms with van der Waals surface area (Å²) in [6, 6.07) is 9.19. The number of benzene rings is 1. The van der Waals surface area contributed by atoms with Crippen LogP contribution in [0.1, 0.15) is 71.3 Å². The molecule has 7 heteroatoms. The molecular weight excluding hydrogens is 452 g/mol. The SMILES string of the molecule is C[C@H](CC1CCCCC1)C(=O)N1CCC(O)(Cn2cnc(-c3ccc(CN)cc3)cc2=O)C(C)(C)C1. The van der Waals surface area contributed by atoms with Crippen LogP contribution < -0.4 is 11.3 Å². The molecule has 4 rings (SSSR count). The second kappa shape index (κ2) is 10.9. The van der Waals surface area contributed by atoms with Crippen molar-refractivity contribution in [1.29, 1.82) is 0 Å². The Hall–Kier alpha value is -2.51. The number of nitrogens with two attached hydrogens (primary N) is 1. The van der Waals surface area contributed by atoms with Gasteiger partial charge in [0.05, 0.1) is 24.2 Å². The van der Waals surface area contributed by atoms with E-state index in [9.17, 15) is 14.7 Å². The fourth-order valence-corrected chi connectivity index (χ4v) is 5.97. The van der Waals surface area contributed by atoms with Crippen LogP contribution in [0.4, 0.5) is 0 Å². The topological polar surface area (TPSA) is 101 Å². The molecule has 2 fully saturated rings. The lowest BCUT2D eigenvalue weighted by molar-refractivity contribution is -0.157. The zero-order valence-corrected chi connectivity index (χ0v) is 22.1. The van der Waals surface area contributed by atoms with Gasteiger partial charge in [0.1, 0.15) is 0 Å². The van der Waals surface area contributed by atoms with Crippen LogP contribution in [0.2, 0.25) is 0 Å². The molecule has 0 bridgehead atoms. The highest BCUT2D eigenvalue weighted by atomic mass is 16.3. The van der Waals surface area contributed by atoms with Gasteiger partial charge in [0.25, 0.3) is 5.56 Å². The van der Waals surface area contributed by atoms with Gasteiger partial charge in [-0.1, -0.05) is 77.1 Å². The normalized spacial score (nSPS) is 23.4. The summed E-state index contributed by atoms with van der Waals surface area (Å²) in [7, 11) is 0. The van der Waals surface area contributed by atoms with E-state index in [1.165, 1.54) is 49.1 Å². The lowest BCUT2D eigenvalue weighted by atomic mass is 9.69. The van der Waals surface area contributed by atoms with Crippen molar-refractivity contribution in [2.45, 2.75) is 84.4 Å². The van der Waals surface area contributed by atoms with Gasteiger partial charge < -0.3 is 15.7 Å². The van der Waals surface area contributed by atoms with Gasteiger partial charge in [0.2, 0.25) is 5.91 Å². The molecule has 1 aromatic carbocycles. The molecule has 196 valence electrons. The highest BCUT2D eigenvalue weighted by molar-refractivity contribution is 5.78. The molecule has 7 nitrogen and oxygen atoms in total. The quantitative estimate of drug-likeness (QED) is 0.607. The predicted molar refractivity (Wildman–Crippen MR) is 142 cm³/mol. The maximum Gasteiger partial charge on any atom is 0.253 e. The summed E-state index contributed by atoms with van der Waals surface area (Å²) < 4.78 is 1.49. The van der Waals surface area contributed by atoms with Crippen molar-refractivity contribution in [2.75, 3.05) is 13.1 Å². The third-order valence-corrected chi connectivity index (χ3v) is 8.58. The summed E-state index contributed by atoms with van der Waals surface area (Å²) in [6.07, 6.45) is 9.27. The first-order chi connectivity index (χ1) is 17.1. The van der Waals surface area contributed by atoms with Crippen molar-refractivity contribution in [3.8, 4) is 11.3 Å². The van der Waals surface area contributed by atoms with Crippen LogP contribution in [0.25, 0.3) is 11.3 Å². The molecule has 1 aromatic heterocycles. The van der Waals surface area contributed by atoms with Gasteiger partial charge in [-0.2, -0.15) is 0 Å². The molecule has 2 aromatic rings. The summed E-state index contributed by atoms with van der Waals surface area (Å²) in [5, 5.41) is 11.7. The number of nitrogens with zero attached hydrogens (tertiary/aromatic N) is 3. The second-order valence-corrected chi connectivity index (χ2v) is 11.7. The highest BCUT2D eigenvalue weighted by Gasteiger charge is 2.49. The molecule has 1 aliphatic heterocycles. The van der Waals surface area contributed by atoms with Crippen LogP contribution in [0, 0.1) is 17.3 Å². The number of aromatic nitrogens is 2. The smallest absolute Gasteiger partial charge is 0.253 e. The third kappa shape index (κ3) is 5.73. The van der Waals surface area contributed by atoms with Gasteiger partial charge in [-0.05, 0) is 24.3 Å². The van der Waals surface area contributed by atoms with E-state index in [0.717, 1.165) is 17.5 Å². The number of piperidine rings is 1. The van der Waals surface area contributed by atoms with Gasteiger partial charge >= 0.3 is 0 Å². The van der Waals surface area contributed by atoms with Crippen molar-refractivity contribution >= 4 is 5.91 Å². The van der Waals surface area contributed by atoms with Gasteiger partial charge in [0.15, 0.2) is 0 Å². The van der Waals surface area contributed by atoms with E-state index >= 15 is 0 Å². The molecule has 1 saturated heterocycles. The third-order valence-electron chi connectivity index (χ3n) is 8.58. The number of carbonyl (C=O) groups is 1. The first kappa shape index (κ1) is 26.6. The van der Waals surface area contributed by atoms with E-state index in [1.807, 2.05) is 43.0 Å². The van der Waals surface area contributed by atoms with Gasteiger partial charge in [-0.25, -0.2) is 4.98 Å². The highest BCUT2D eigenvalue weighted by Crippen LogP contribution is 2.40. The van der Waals surface area contributed by atoms with Gasteiger partial charge in [-0.3, -0.25) is 14.2 Å². The number of amides is 1. The Morgan fingerprint density at radius 1 is 1.19 bits per heavy atom. The van der Waals surface area contributed by atoms with E-state index in [0.29, 0.717) is 37.7 Å². The van der Waals surface area contributed by atoms with Crippen LogP contribution in [0.3, 0.4) is 0 Å². The summed E-state index contributed by atoms with van der Waals surface area (Å²) in [5.74, 6) is 0.862. The van der Waals surface area contributed by atoms with Crippen molar-refractivity contribution in [3.63, 3.8) is 0 Å². The lowest BCUT2D eigenvalue weighted by Gasteiger charge is -2.50. The molecule has 2 aliphatic rings. The van der Waals surface area contributed by atoms with Crippen LogP contribution in [-0.2, 0) is 17.9 Å². The minimum atomic E-state index is -1.12. The molecule has 0 radical (unpaired) electrons. The Morgan fingerprint density at radius 3 is 2.50 bits per heavy atom. The maximum absolute atomic E-state index is 13.3. The molecule has 3 N–H and O–H groups in total. The molecule has 0 spiro atoms. The van der Waals surface area contributed by atoms with Crippen molar-refractivity contribution in [1.82, 2.24) is 14.5 Å². The zero-order valence-electron chi connectivity index (χ0n) is 22.1. The van der Waals surface area contributed by atoms with E-state index in [4.69, 9.17) is 5.73 Å². The Balaban J connectivity index is 1.42. The largest absolute Gasteiger partial charge is 0.387 e. The van der Waals surface area contributed by atoms with Gasteiger partial charge in [0, 0.05) is 42.6 Å². The molecule has 36 heavy (non-hydrogen) atoms. The summed E-state index contributed by atoms with van der Waals surface area (Å²) in [4.78, 5) is 32.6. The van der Waals surface area contributed by atoms with Crippen molar-refractivity contribution in [2.24, 2.45) is 23.0 Å². The molecule has 2 atom stereocenters. The van der Waals surface area contributed by atoms with Crippen LogP contribution in [-0.4, -0.2) is 44.2 Å². The van der Waals surface area contributed by atoms with E-state index < -0.39 is 11.0 Å². The summed E-state index contributed by atoms with van der Waals surface area (Å²) in [6.45, 7) is 7.63. The average molecular weight is 495 g/mol. The van der Waals surface area contributed by atoms with E-state index in [-0.39, 0.29) is 23.9 Å². The van der Waals surface area contributed by atoms with Gasteiger partial charge in [-0.15, -0.1) is 0 Å². The Morgan fingerprint density at radius 2 is 1.89 bits per heavy atom. The minimum absolute atomic E-state index is 0.00775. The average Bonchev–Trinajstić information content (AvgIpc) is 2.87. The predicted octanol–water partition coefficient (Wildman–Crippen LogP) is 3.97. The molecule has 1 unspecified atom stereocenters. The monoisotopic (exact) mass is 494 g/mol. The second-order valence-electron chi connectivity index (χ2n) is 11.7. The molecule has 1 aliphatic carbocycles. The fraction of sp³-hybridized carbons (Fsp3) is 0.621. The van der Waals surface area contributed by atoms with Crippen molar-refractivity contribution < 1.29 is 9.90 Å². The first-order valence-corrected chi connectivity index (χ1v) is 13.5. The Kier molecular flexibility index (Phi) is 8.00. The first-order valence-electron chi connectivity index (χ1n) is 13.5. The number of aliphatic hydroxyl groups is 1. The van der Waals surface area contributed by atoms with E-state index in [2.05, 4.69) is 11.9 Å². The number of hydrogen-bond acceptors (Lipinski definition) is 5. The van der Waals surface area contributed by atoms with Crippen LogP contribution in [0.5, 0.6) is 0 Å². The standard InChI is InChI=1S/C29H42N4O3/c1-21(15-22-7-5-4-6-8-22)27(35)32-14-13-29(36,28(2,3)18-32)19-33-20-31-25(16-26(33)34)24-11-9-23(17-30)10-12-24/h9-12,16,20-22,36H,4-8,13-15,17-19,30H2,1-3H3/t21-,29?/m1/s1. The fourth-order valence-electron chi connectivity index (χ4n) is 5.97. The molecular formula is C29H42N4O3. The van der Waals surface area contributed by atoms with Crippen LogP contribution in [0.15, 0.2) is 41.5 Å². The maximum atomic E-state index is 13.3. The number of hydrogen-bond donors (Lipinski definition) is 2. The number of rotatable bonds is 7. The molecule has 1 saturated carbocycles. The minimum Gasteiger partial charge on any atom is -0.387 e. The van der Waals surface area contributed by atoms with Crippen LogP contribution >= 0.6 is 0 Å². The number of likely N-dealkylation sites (tertiary alicyclic amines) is 1. The zero-order chi connectivity index (χ0) is 25.9.